The van der Waals surface area contributed by atoms with Gasteiger partial charge in [-0.25, -0.2) is 0 Å². The maximum atomic E-state index is 6.25. The lowest BCUT2D eigenvalue weighted by atomic mass is 9.96. The first kappa shape index (κ1) is 15.6. The molecule has 120 valence electrons. The number of aliphatic imine (C=N–C) groups is 1. The fourth-order valence-corrected chi connectivity index (χ4v) is 3.31. The van der Waals surface area contributed by atoms with Crippen LogP contribution in [-0.2, 0) is 6.54 Å². The Morgan fingerprint density at radius 3 is 2.77 bits per heavy atom. The van der Waals surface area contributed by atoms with Crippen molar-refractivity contribution in [3.8, 4) is 0 Å². The van der Waals surface area contributed by atoms with Gasteiger partial charge in [0, 0.05) is 24.2 Å². The summed E-state index contributed by atoms with van der Waals surface area (Å²) in [5, 5.41) is 7.69. The first-order valence-electron chi connectivity index (χ1n) is 8.21. The summed E-state index contributed by atoms with van der Waals surface area (Å²) < 4.78 is 0. The van der Waals surface area contributed by atoms with Crippen LogP contribution in [0.5, 0.6) is 0 Å². The van der Waals surface area contributed by atoms with E-state index in [9.17, 15) is 0 Å². The average molecular weight is 321 g/mol. The zero-order chi connectivity index (χ0) is 15.4. The van der Waals surface area contributed by atoms with E-state index in [0.717, 1.165) is 49.6 Å². The normalized spacial score (nSPS) is 23.2. The fraction of sp³-hybridized carbons (Fsp3) is 0.588. The molecule has 1 saturated heterocycles. The molecule has 0 saturated carbocycles. The van der Waals surface area contributed by atoms with Gasteiger partial charge in [-0.2, -0.15) is 0 Å². The summed E-state index contributed by atoms with van der Waals surface area (Å²) in [5.74, 6) is 1.72. The molecule has 2 aliphatic rings. The summed E-state index contributed by atoms with van der Waals surface area (Å²) in [7, 11) is 0. The number of rotatable bonds is 4. The van der Waals surface area contributed by atoms with Gasteiger partial charge >= 0.3 is 0 Å². The van der Waals surface area contributed by atoms with Crippen molar-refractivity contribution in [1.29, 1.82) is 0 Å². The first-order valence-corrected chi connectivity index (χ1v) is 8.59. The molecule has 4 nitrogen and oxygen atoms in total. The number of hydrogen-bond donors (Lipinski definition) is 2. The second kappa shape index (κ2) is 7.34. The van der Waals surface area contributed by atoms with E-state index >= 15 is 0 Å². The molecule has 5 heteroatoms. The topological polar surface area (TPSA) is 39.7 Å². The predicted molar refractivity (Wildman–Crippen MR) is 92.4 cm³/mol. The van der Waals surface area contributed by atoms with Crippen LogP contribution in [0.3, 0.4) is 0 Å². The standard InChI is InChI=1S/C17H25ClN4/c1-13-10-19-17(21-13)20-11-14-6-8-22(9-7-14)12-15-4-2-3-5-16(15)18/h2-5,13-14H,6-12H2,1H3,(H2,19,20,21). The molecule has 3 rings (SSSR count). The number of likely N-dealkylation sites (tertiary alicyclic amines) is 1. The van der Waals surface area contributed by atoms with Gasteiger partial charge in [0.05, 0.1) is 6.54 Å². The molecule has 0 aliphatic carbocycles. The van der Waals surface area contributed by atoms with Gasteiger partial charge in [-0.1, -0.05) is 29.8 Å². The Morgan fingerprint density at radius 2 is 2.09 bits per heavy atom. The molecule has 0 radical (unpaired) electrons. The van der Waals surface area contributed by atoms with E-state index in [1.807, 2.05) is 12.1 Å². The molecule has 1 unspecified atom stereocenters. The van der Waals surface area contributed by atoms with Crippen LogP contribution < -0.4 is 10.6 Å². The lowest BCUT2D eigenvalue weighted by Gasteiger charge is -2.32. The molecular formula is C17H25ClN4. The van der Waals surface area contributed by atoms with Crippen LogP contribution in [-0.4, -0.2) is 43.1 Å². The summed E-state index contributed by atoms with van der Waals surface area (Å²) in [6.45, 7) is 7.33. The minimum Gasteiger partial charge on any atom is -0.356 e. The van der Waals surface area contributed by atoms with Crippen molar-refractivity contribution in [3.05, 3.63) is 34.9 Å². The van der Waals surface area contributed by atoms with Crippen LogP contribution >= 0.6 is 11.6 Å². The van der Waals surface area contributed by atoms with Crippen LogP contribution in [0.15, 0.2) is 29.3 Å². The molecule has 2 N–H and O–H groups in total. The number of guanidine groups is 1. The number of halogens is 1. The number of nitrogens with zero attached hydrogens (tertiary/aromatic N) is 2. The van der Waals surface area contributed by atoms with Gasteiger partial charge in [-0.3, -0.25) is 9.89 Å². The Hall–Kier alpha value is -1.26. The van der Waals surface area contributed by atoms with Gasteiger partial charge in [-0.05, 0) is 50.4 Å². The van der Waals surface area contributed by atoms with Gasteiger partial charge in [0.1, 0.15) is 0 Å². The lowest BCUT2D eigenvalue weighted by molar-refractivity contribution is 0.178. The van der Waals surface area contributed by atoms with Gasteiger partial charge in [0.25, 0.3) is 0 Å². The number of benzene rings is 1. The molecule has 1 atom stereocenters. The molecule has 0 amide bonds. The van der Waals surface area contributed by atoms with Crippen LogP contribution in [0.25, 0.3) is 0 Å². The second-order valence-corrected chi connectivity index (χ2v) is 6.83. The Labute approximate surface area is 137 Å². The highest BCUT2D eigenvalue weighted by Crippen LogP contribution is 2.21. The largest absolute Gasteiger partial charge is 0.356 e. The fourth-order valence-electron chi connectivity index (χ4n) is 3.12. The molecule has 22 heavy (non-hydrogen) atoms. The van der Waals surface area contributed by atoms with Crippen molar-refractivity contribution >= 4 is 17.6 Å². The predicted octanol–water partition coefficient (Wildman–Crippen LogP) is 2.49. The third-order valence-corrected chi connectivity index (χ3v) is 4.89. The number of hydrogen-bond acceptors (Lipinski definition) is 4. The molecular weight excluding hydrogens is 296 g/mol. The molecule has 2 heterocycles. The van der Waals surface area contributed by atoms with Crippen molar-refractivity contribution in [2.45, 2.75) is 32.4 Å². The molecule has 1 aromatic carbocycles. The smallest absolute Gasteiger partial charge is 0.191 e. The van der Waals surface area contributed by atoms with Crippen molar-refractivity contribution in [1.82, 2.24) is 15.5 Å². The Morgan fingerprint density at radius 1 is 1.32 bits per heavy atom. The minimum absolute atomic E-state index is 0.472. The molecule has 2 aliphatic heterocycles. The Balaban J connectivity index is 1.40. The van der Waals surface area contributed by atoms with E-state index < -0.39 is 0 Å². The van der Waals surface area contributed by atoms with Crippen LogP contribution in [0.4, 0.5) is 0 Å². The highest BCUT2D eigenvalue weighted by Gasteiger charge is 2.21. The van der Waals surface area contributed by atoms with Gasteiger partial charge in [0.2, 0.25) is 0 Å². The summed E-state index contributed by atoms with van der Waals surface area (Å²) in [6.07, 6.45) is 2.47. The van der Waals surface area contributed by atoms with E-state index in [1.54, 1.807) is 0 Å². The van der Waals surface area contributed by atoms with E-state index in [0.29, 0.717) is 6.04 Å². The van der Waals surface area contributed by atoms with Crippen molar-refractivity contribution in [3.63, 3.8) is 0 Å². The Bertz CT molecular complexity index is 523. The third-order valence-electron chi connectivity index (χ3n) is 4.52. The first-order chi connectivity index (χ1) is 10.7. The van der Waals surface area contributed by atoms with E-state index in [-0.39, 0.29) is 0 Å². The zero-order valence-electron chi connectivity index (χ0n) is 13.2. The van der Waals surface area contributed by atoms with E-state index in [4.69, 9.17) is 11.6 Å². The monoisotopic (exact) mass is 320 g/mol. The quantitative estimate of drug-likeness (QED) is 0.895. The molecule has 0 bridgehead atoms. The van der Waals surface area contributed by atoms with Crippen LogP contribution in [0.1, 0.15) is 25.3 Å². The van der Waals surface area contributed by atoms with Gasteiger partial charge in [-0.15, -0.1) is 0 Å². The van der Waals surface area contributed by atoms with Crippen LogP contribution in [0, 0.1) is 5.92 Å². The Kier molecular flexibility index (Phi) is 5.21. The van der Waals surface area contributed by atoms with Crippen LogP contribution in [0.2, 0.25) is 5.02 Å². The van der Waals surface area contributed by atoms with E-state index in [1.165, 1.54) is 18.4 Å². The van der Waals surface area contributed by atoms with Gasteiger partial charge in [0.15, 0.2) is 5.96 Å². The highest BCUT2D eigenvalue weighted by atomic mass is 35.5. The van der Waals surface area contributed by atoms with Crippen molar-refractivity contribution in [2.75, 3.05) is 26.2 Å². The minimum atomic E-state index is 0.472. The average Bonchev–Trinajstić information content (AvgIpc) is 2.94. The molecule has 0 aromatic heterocycles. The summed E-state index contributed by atoms with van der Waals surface area (Å²) >= 11 is 6.25. The maximum absolute atomic E-state index is 6.25. The maximum Gasteiger partial charge on any atom is 0.191 e. The number of piperidine rings is 1. The zero-order valence-corrected chi connectivity index (χ0v) is 13.9. The third kappa shape index (κ3) is 4.14. The van der Waals surface area contributed by atoms with Crippen molar-refractivity contribution < 1.29 is 0 Å². The van der Waals surface area contributed by atoms with Gasteiger partial charge < -0.3 is 10.6 Å². The highest BCUT2D eigenvalue weighted by molar-refractivity contribution is 6.31. The second-order valence-electron chi connectivity index (χ2n) is 6.43. The van der Waals surface area contributed by atoms with Crippen molar-refractivity contribution in [2.24, 2.45) is 10.9 Å². The molecule has 1 aromatic rings. The number of nitrogens with one attached hydrogen (secondary N) is 2. The lowest BCUT2D eigenvalue weighted by Crippen LogP contribution is -2.42. The summed E-state index contributed by atoms with van der Waals surface area (Å²) in [5.41, 5.74) is 1.24. The molecule has 0 spiro atoms. The molecule has 1 fully saturated rings. The summed E-state index contributed by atoms with van der Waals surface area (Å²) in [6, 6.07) is 8.63. The SMILES string of the molecule is CC1CN=C(NCC2CCN(Cc3ccccc3Cl)CC2)N1. The summed E-state index contributed by atoms with van der Waals surface area (Å²) in [4.78, 5) is 6.96. The van der Waals surface area contributed by atoms with E-state index in [2.05, 4.69) is 39.6 Å².